The van der Waals surface area contributed by atoms with Gasteiger partial charge in [0.15, 0.2) is 0 Å². The fraction of sp³-hybridized carbons (Fsp3) is 0.300. The van der Waals surface area contributed by atoms with Crippen LogP contribution in [0.25, 0.3) is 11.3 Å². The standard InChI is InChI=1S/C20H21FN6O/c21-17-5-3-15(4-6-17)18-13-24-26-20(25-18)23-14-19(16-2-1-7-22-12-16)27-8-10-28-11-9-27/h1-7,12-13,19H,8-11,14H2,(H,23,25,26). The summed E-state index contributed by atoms with van der Waals surface area (Å²) < 4.78 is 18.6. The molecule has 3 heterocycles. The number of rotatable bonds is 6. The van der Waals surface area contributed by atoms with E-state index in [1.54, 1.807) is 24.5 Å². The molecular weight excluding hydrogens is 359 g/mol. The monoisotopic (exact) mass is 380 g/mol. The van der Waals surface area contributed by atoms with Gasteiger partial charge in [0.1, 0.15) is 5.82 Å². The summed E-state index contributed by atoms with van der Waals surface area (Å²) in [7, 11) is 0. The molecule has 1 aromatic carbocycles. The van der Waals surface area contributed by atoms with Crippen molar-refractivity contribution in [1.29, 1.82) is 0 Å². The Balaban J connectivity index is 1.50. The molecule has 2 aromatic heterocycles. The van der Waals surface area contributed by atoms with Crippen molar-refractivity contribution in [3.63, 3.8) is 0 Å². The zero-order valence-corrected chi connectivity index (χ0v) is 15.3. The lowest BCUT2D eigenvalue weighted by Crippen LogP contribution is -2.41. The molecule has 1 saturated heterocycles. The molecular formula is C20H21FN6O. The Morgan fingerprint density at radius 3 is 2.68 bits per heavy atom. The molecule has 28 heavy (non-hydrogen) atoms. The summed E-state index contributed by atoms with van der Waals surface area (Å²) >= 11 is 0. The van der Waals surface area contributed by atoms with Gasteiger partial charge in [-0.05, 0) is 35.9 Å². The molecule has 1 unspecified atom stereocenters. The second kappa shape index (κ2) is 8.81. The molecule has 0 radical (unpaired) electrons. The van der Waals surface area contributed by atoms with Crippen LogP contribution < -0.4 is 5.32 Å². The Hall–Kier alpha value is -2.97. The summed E-state index contributed by atoms with van der Waals surface area (Å²) in [5, 5.41) is 11.4. The van der Waals surface area contributed by atoms with Crippen LogP contribution in [0.4, 0.5) is 10.3 Å². The second-order valence-corrected chi connectivity index (χ2v) is 6.50. The molecule has 1 atom stereocenters. The van der Waals surface area contributed by atoms with Crippen molar-refractivity contribution < 1.29 is 9.13 Å². The first-order chi connectivity index (χ1) is 13.8. The van der Waals surface area contributed by atoms with Crippen molar-refractivity contribution in [3.05, 3.63) is 66.4 Å². The van der Waals surface area contributed by atoms with Gasteiger partial charge in [-0.25, -0.2) is 9.37 Å². The lowest BCUT2D eigenvalue weighted by molar-refractivity contribution is 0.0186. The molecule has 0 amide bonds. The fourth-order valence-electron chi connectivity index (χ4n) is 3.25. The highest BCUT2D eigenvalue weighted by molar-refractivity contribution is 5.58. The van der Waals surface area contributed by atoms with E-state index in [0.29, 0.717) is 18.2 Å². The topological polar surface area (TPSA) is 76.1 Å². The lowest BCUT2D eigenvalue weighted by Gasteiger charge is -2.34. The number of halogens is 1. The van der Waals surface area contributed by atoms with E-state index in [1.807, 2.05) is 12.3 Å². The van der Waals surface area contributed by atoms with Crippen LogP contribution in [0.15, 0.2) is 55.0 Å². The van der Waals surface area contributed by atoms with Crippen molar-refractivity contribution in [1.82, 2.24) is 25.1 Å². The second-order valence-electron chi connectivity index (χ2n) is 6.50. The largest absolute Gasteiger partial charge is 0.379 e. The maximum atomic E-state index is 13.1. The normalized spacial score (nSPS) is 15.9. The number of pyridine rings is 1. The maximum absolute atomic E-state index is 13.1. The van der Waals surface area contributed by atoms with Crippen molar-refractivity contribution in [2.75, 3.05) is 38.2 Å². The highest BCUT2D eigenvalue weighted by Gasteiger charge is 2.23. The molecule has 144 valence electrons. The van der Waals surface area contributed by atoms with Crippen molar-refractivity contribution in [2.24, 2.45) is 0 Å². The Morgan fingerprint density at radius 1 is 1.11 bits per heavy atom. The van der Waals surface area contributed by atoms with Gasteiger partial charge in [-0.1, -0.05) is 6.07 Å². The molecule has 1 aliphatic rings. The SMILES string of the molecule is Fc1ccc(-c2cnnc(NCC(c3cccnc3)N3CCOCC3)n2)cc1. The van der Waals surface area contributed by atoms with Crippen LogP contribution in [0, 0.1) is 5.82 Å². The third kappa shape index (κ3) is 4.47. The van der Waals surface area contributed by atoms with Gasteiger partial charge in [0.05, 0.1) is 31.1 Å². The molecule has 0 bridgehead atoms. The number of anilines is 1. The molecule has 1 aliphatic heterocycles. The van der Waals surface area contributed by atoms with E-state index in [1.165, 1.54) is 12.1 Å². The Kier molecular flexibility index (Phi) is 5.79. The van der Waals surface area contributed by atoms with E-state index in [4.69, 9.17) is 4.74 Å². The number of nitrogens with one attached hydrogen (secondary N) is 1. The van der Waals surface area contributed by atoms with E-state index >= 15 is 0 Å². The average molecular weight is 380 g/mol. The number of hydrogen-bond donors (Lipinski definition) is 1. The maximum Gasteiger partial charge on any atom is 0.243 e. The molecule has 1 fully saturated rings. The van der Waals surface area contributed by atoms with Gasteiger partial charge in [0.25, 0.3) is 0 Å². The Morgan fingerprint density at radius 2 is 1.93 bits per heavy atom. The van der Waals surface area contributed by atoms with Crippen molar-refractivity contribution in [3.8, 4) is 11.3 Å². The third-order valence-corrected chi connectivity index (χ3v) is 4.71. The zero-order valence-electron chi connectivity index (χ0n) is 15.3. The molecule has 8 heteroatoms. The first-order valence-electron chi connectivity index (χ1n) is 9.21. The van der Waals surface area contributed by atoms with Crippen LogP contribution in [0.1, 0.15) is 11.6 Å². The summed E-state index contributed by atoms with van der Waals surface area (Å²) in [6.45, 7) is 3.76. The van der Waals surface area contributed by atoms with E-state index in [0.717, 1.165) is 37.4 Å². The van der Waals surface area contributed by atoms with Crippen molar-refractivity contribution >= 4 is 5.95 Å². The van der Waals surface area contributed by atoms with Gasteiger partial charge in [0.2, 0.25) is 5.95 Å². The van der Waals surface area contributed by atoms with E-state index < -0.39 is 0 Å². The predicted octanol–water partition coefficient (Wildman–Crippen LogP) is 2.56. The number of hydrogen-bond acceptors (Lipinski definition) is 7. The minimum absolute atomic E-state index is 0.121. The van der Waals surface area contributed by atoms with Crippen LogP contribution in [-0.4, -0.2) is 57.9 Å². The van der Waals surface area contributed by atoms with Gasteiger partial charge in [-0.15, -0.1) is 5.10 Å². The summed E-state index contributed by atoms with van der Waals surface area (Å²) in [6.07, 6.45) is 5.22. The smallest absolute Gasteiger partial charge is 0.243 e. The molecule has 0 spiro atoms. The van der Waals surface area contributed by atoms with Gasteiger partial charge in [0, 0.05) is 37.6 Å². The van der Waals surface area contributed by atoms with Gasteiger partial charge in [-0.2, -0.15) is 5.10 Å². The minimum Gasteiger partial charge on any atom is -0.379 e. The van der Waals surface area contributed by atoms with E-state index in [2.05, 4.69) is 36.4 Å². The minimum atomic E-state index is -0.283. The molecule has 3 aromatic rings. The average Bonchev–Trinajstić information content (AvgIpc) is 2.76. The zero-order chi connectivity index (χ0) is 19.2. The van der Waals surface area contributed by atoms with Gasteiger partial charge >= 0.3 is 0 Å². The molecule has 4 rings (SSSR count). The van der Waals surface area contributed by atoms with Crippen molar-refractivity contribution in [2.45, 2.75) is 6.04 Å². The number of nitrogens with zero attached hydrogens (tertiary/aromatic N) is 5. The van der Waals surface area contributed by atoms with Crippen LogP contribution in [-0.2, 0) is 4.74 Å². The van der Waals surface area contributed by atoms with Crippen LogP contribution >= 0.6 is 0 Å². The highest BCUT2D eigenvalue weighted by atomic mass is 19.1. The molecule has 1 N–H and O–H groups in total. The number of morpholine rings is 1. The fourth-order valence-corrected chi connectivity index (χ4v) is 3.25. The van der Waals surface area contributed by atoms with E-state index in [9.17, 15) is 4.39 Å². The number of benzene rings is 1. The summed E-state index contributed by atoms with van der Waals surface area (Å²) in [4.78, 5) is 11.1. The van der Waals surface area contributed by atoms with Crippen LogP contribution in [0.2, 0.25) is 0 Å². The quantitative estimate of drug-likeness (QED) is 0.704. The molecule has 0 saturated carbocycles. The molecule has 7 nitrogen and oxygen atoms in total. The van der Waals surface area contributed by atoms with Gasteiger partial charge in [-0.3, -0.25) is 9.88 Å². The number of aromatic nitrogens is 4. The lowest BCUT2D eigenvalue weighted by atomic mass is 10.1. The summed E-state index contributed by atoms with van der Waals surface area (Å²) in [5.41, 5.74) is 2.55. The Labute approximate surface area is 162 Å². The Bertz CT molecular complexity index is 887. The molecule has 0 aliphatic carbocycles. The predicted molar refractivity (Wildman–Crippen MR) is 103 cm³/mol. The van der Waals surface area contributed by atoms with Gasteiger partial charge < -0.3 is 10.1 Å². The summed E-state index contributed by atoms with van der Waals surface area (Å²) in [5.74, 6) is 0.151. The highest BCUT2D eigenvalue weighted by Crippen LogP contribution is 2.22. The van der Waals surface area contributed by atoms with E-state index in [-0.39, 0.29) is 11.9 Å². The number of ether oxygens (including phenoxy) is 1. The van der Waals surface area contributed by atoms with Crippen LogP contribution in [0.5, 0.6) is 0 Å². The van der Waals surface area contributed by atoms with Crippen LogP contribution in [0.3, 0.4) is 0 Å². The first kappa shape index (κ1) is 18.4. The third-order valence-electron chi connectivity index (χ3n) is 4.71. The summed E-state index contributed by atoms with van der Waals surface area (Å²) in [6, 6.07) is 10.3. The first-order valence-corrected chi connectivity index (χ1v) is 9.21.